The maximum Gasteiger partial charge on any atom is 0.251 e. The fourth-order valence-electron chi connectivity index (χ4n) is 1.65. The van der Waals surface area contributed by atoms with Gasteiger partial charge in [0.2, 0.25) is 0 Å². The fraction of sp³-hybridized carbons (Fsp3) is 0.143. The SMILES string of the molecule is Nc1cc(C(=O)NCCc2cccnc2)ccc1F. The molecule has 0 fully saturated rings. The largest absolute Gasteiger partial charge is 0.396 e. The Morgan fingerprint density at radius 1 is 1.37 bits per heavy atom. The molecule has 0 spiro atoms. The molecule has 0 atom stereocenters. The number of nitrogens with one attached hydrogen (secondary N) is 1. The van der Waals surface area contributed by atoms with Crippen LogP contribution in [0.2, 0.25) is 0 Å². The van der Waals surface area contributed by atoms with Crippen molar-refractivity contribution in [3.8, 4) is 0 Å². The highest BCUT2D eigenvalue weighted by Gasteiger charge is 2.07. The van der Waals surface area contributed by atoms with E-state index in [-0.39, 0.29) is 11.6 Å². The number of rotatable bonds is 4. The number of halogens is 1. The van der Waals surface area contributed by atoms with Crippen LogP contribution >= 0.6 is 0 Å². The third-order valence-corrected chi connectivity index (χ3v) is 2.68. The number of benzene rings is 1. The van der Waals surface area contributed by atoms with E-state index >= 15 is 0 Å². The predicted molar refractivity (Wildman–Crippen MR) is 71.1 cm³/mol. The number of anilines is 1. The van der Waals surface area contributed by atoms with Gasteiger partial charge in [0.05, 0.1) is 5.69 Å². The van der Waals surface area contributed by atoms with Crippen molar-refractivity contribution in [3.63, 3.8) is 0 Å². The monoisotopic (exact) mass is 259 g/mol. The molecule has 19 heavy (non-hydrogen) atoms. The van der Waals surface area contributed by atoms with Gasteiger partial charge in [-0.25, -0.2) is 4.39 Å². The zero-order valence-electron chi connectivity index (χ0n) is 10.3. The lowest BCUT2D eigenvalue weighted by atomic mass is 10.1. The van der Waals surface area contributed by atoms with Gasteiger partial charge in [0, 0.05) is 24.5 Å². The molecule has 98 valence electrons. The molecule has 1 amide bonds. The van der Waals surface area contributed by atoms with Crippen molar-refractivity contribution in [2.45, 2.75) is 6.42 Å². The Hall–Kier alpha value is -2.43. The molecule has 4 nitrogen and oxygen atoms in total. The Labute approximate surface area is 110 Å². The Balaban J connectivity index is 1.89. The normalized spacial score (nSPS) is 10.2. The van der Waals surface area contributed by atoms with Crippen molar-refractivity contribution >= 4 is 11.6 Å². The topological polar surface area (TPSA) is 68.0 Å². The second-order valence-corrected chi connectivity index (χ2v) is 4.10. The number of carbonyl (C=O) groups is 1. The summed E-state index contributed by atoms with van der Waals surface area (Å²) in [7, 11) is 0. The summed E-state index contributed by atoms with van der Waals surface area (Å²) < 4.78 is 13.0. The van der Waals surface area contributed by atoms with Crippen molar-refractivity contribution in [1.29, 1.82) is 0 Å². The van der Waals surface area contributed by atoms with Crippen LogP contribution in [0.3, 0.4) is 0 Å². The van der Waals surface area contributed by atoms with E-state index in [1.54, 1.807) is 12.4 Å². The molecule has 0 aliphatic carbocycles. The van der Waals surface area contributed by atoms with E-state index in [1.807, 2.05) is 12.1 Å². The number of nitrogens with two attached hydrogens (primary N) is 1. The van der Waals surface area contributed by atoms with Gasteiger partial charge >= 0.3 is 0 Å². The molecule has 1 aromatic heterocycles. The lowest BCUT2D eigenvalue weighted by molar-refractivity contribution is 0.0954. The first-order valence-electron chi connectivity index (χ1n) is 5.89. The second-order valence-electron chi connectivity index (χ2n) is 4.10. The first-order valence-corrected chi connectivity index (χ1v) is 5.89. The number of amides is 1. The van der Waals surface area contributed by atoms with E-state index in [0.717, 1.165) is 5.56 Å². The predicted octanol–water partition coefficient (Wildman–Crippen LogP) is 1.78. The van der Waals surface area contributed by atoms with Crippen molar-refractivity contribution in [3.05, 3.63) is 59.7 Å². The zero-order valence-corrected chi connectivity index (χ0v) is 10.3. The Bertz CT molecular complexity index is 572. The summed E-state index contributed by atoms with van der Waals surface area (Å²) >= 11 is 0. The summed E-state index contributed by atoms with van der Waals surface area (Å²) in [6.45, 7) is 0.488. The van der Waals surface area contributed by atoms with E-state index < -0.39 is 5.82 Å². The third kappa shape index (κ3) is 3.51. The lowest BCUT2D eigenvalue weighted by Crippen LogP contribution is -2.25. The van der Waals surface area contributed by atoms with Gasteiger partial charge < -0.3 is 11.1 Å². The number of hydrogen-bond acceptors (Lipinski definition) is 3. The first kappa shape index (κ1) is 13.0. The standard InChI is InChI=1S/C14H14FN3O/c15-12-4-3-11(8-13(12)16)14(19)18-7-5-10-2-1-6-17-9-10/h1-4,6,8-9H,5,7,16H2,(H,18,19). The molecular formula is C14H14FN3O. The minimum absolute atomic E-state index is 0.0279. The highest BCUT2D eigenvalue weighted by atomic mass is 19.1. The number of pyridine rings is 1. The van der Waals surface area contributed by atoms with Crippen LogP contribution < -0.4 is 11.1 Å². The van der Waals surface area contributed by atoms with Gasteiger partial charge in [-0.15, -0.1) is 0 Å². The van der Waals surface area contributed by atoms with Crippen LogP contribution in [0.5, 0.6) is 0 Å². The summed E-state index contributed by atoms with van der Waals surface area (Å²) in [6.07, 6.45) is 4.14. The molecular weight excluding hydrogens is 245 g/mol. The molecule has 2 rings (SSSR count). The van der Waals surface area contributed by atoms with Crippen LogP contribution in [0.15, 0.2) is 42.7 Å². The second kappa shape index (κ2) is 5.95. The number of carbonyl (C=O) groups excluding carboxylic acids is 1. The van der Waals surface area contributed by atoms with Crippen molar-refractivity contribution in [2.24, 2.45) is 0 Å². The van der Waals surface area contributed by atoms with Crippen LogP contribution in [0.4, 0.5) is 10.1 Å². The van der Waals surface area contributed by atoms with Gasteiger partial charge in [-0.05, 0) is 36.2 Å². The van der Waals surface area contributed by atoms with Gasteiger partial charge in [0.15, 0.2) is 0 Å². The van der Waals surface area contributed by atoms with E-state index in [9.17, 15) is 9.18 Å². The van der Waals surface area contributed by atoms with Gasteiger partial charge in [-0.3, -0.25) is 9.78 Å². The Morgan fingerprint density at radius 3 is 2.89 bits per heavy atom. The summed E-state index contributed by atoms with van der Waals surface area (Å²) in [5.41, 5.74) is 6.78. The van der Waals surface area contributed by atoms with Crippen LogP contribution in [0, 0.1) is 5.82 Å². The summed E-state index contributed by atoms with van der Waals surface area (Å²) in [5, 5.41) is 2.75. The highest BCUT2D eigenvalue weighted by molar-refractivity contribution is 5.95. The molecule has 0 saturated carbocycles. The molecule has 5 heteroatoms. The Morgan fingerprint density at radius 2 is 2.21 bits per heavy atom. The van der Waals surface area contributed by atoms with Crippen molar-refractivity contribution in [1.82, 2.24) is 10.3 Å². The molecule has 2 aromatic rings. The highest BCUT2D eigenvalue weighted by Crippen LogP contribution is 2.12. The summed E-state index contributed by atoms with van der Waals surface area (Å²) in [6, 6.07) is 7.71. The van der Waals surface area contributed by atoms with E-state index in [2.05, 4.69) is 10.3 Å². The zero-order chi connectivity index (χ0) is 13.7. The molecule has 0 radical (unpaired) electrons. The molecule has 1 aromatic carbocycles. The minimum Gasteiger partial charge on any atom is -0.396 e. The average molecular weight is 259 g/mol. The quantitative estimate of drug-likeness (QED) is 0.822. The van der Waals surface area contributed by atoms with Crippen LogP contribution in [0.1, 0.15) is 15.9 Å². The molecule has 0 aliphatic heterocycles. The number of aromatic nitrogens is 1. The molecule has 0 saturated heterocycles. The minimum atomic E-state index is -0.521. The lowest BCUT2D eigenvalue weighted by Gasteiger charge is -2.06. The average Bonchev–Trinajstić information content (AvgIpc) is 2.43. The molecule has 0 bridgehead atoms. The number of hydrogen-bond donors (Lipinski definition) is 2. The Kier molecular flexibility index (Phi) is 4.07. The van der Waals surface area contributed by atoms with Gasteiger partial charge in [0.1, 0.15) is 5.82 Å². The van der Waals surface area contributed by atoms with E-state index in [1.165, 1.54) is 18.2 Å². The van der Waals surface area contributed by atoms with Crippen LogP contribution in [0.25, 0.3) is 0 Å². The van der Waals surface area contributed by atoms with Crippen molar-refractivity contribution < 1.29 is 9.18 Å². The number of nitrogen functional groups attached to an aromatic ring is 1. The molecule has 3 N–H and O–H groups in total. The smallest absolute Gasteiger partial charge is 0.251 e. The van der Waals surface area contributed by atoms with Gasteiger partial charge in [-0.1, -0.05) is 6.07 Å². The summed E-state index contributed by atoms with van der Waals surface area (Å²) in [5.74, 6) is -0.789. The molecule has 1 heterocycles. The molecule has 0 unspecified atom stereocenters. The van der Waals surface area contributed by atoms with Crippen molar-refractivity contribution in [2.75, 3.05) is 12.3 Å². The van der Waals surface area contributed by atoms with Gasteiger partial charge in [0.25, 0.3) is 5.91 Å². The number of nitrogens with zero attached hydrogens (tertiary/aromatic N) is 1. The molecule has 0 aliphatic rings. The maximum absolute atomic E-state index is 13.0. The van der Waals surface area contributed by atoms with Crippen LogP contribution in [-0.4, -0.2) is 17.4 Å². The van der Waals surface area contributed by atoms with E-state index in [4.69, 9.17) is 5.73 Å². The van der Waals surface area contributed by atoms with Crippen LogP contribution in [-0.2, 0) is 6.42 Å². The fourth-order valence-corrected chi connectivity index (χ4v) is 1.65. The first-order chi connectivity index (χ1) is 9.16. The summed E-state index contributed by atoms with van der Waals surface area (Å²) in [4.78, 5) is 15.8. The van der Waals surface area contributed by atoms with Gasteiger partial charge in [-0.2, -0.15) is 0 Å². The van der Waals surface area contributed by atoms with E-state index in [0.29, 0.717) is 18.5 Å². The maximum atomic E-state index is 13.0. The third-order valence-electron chi connectivity index (χ3n) is 2.68.